The monoisotopic (exact) mass is 305 g/mol. The molecular weight excluding hydrogens is 282 g/mol. The molecule has 0 aromatic heterocycles. The maximum atomic E-state index is 11.5. The lowest BCUT2D eigenvalue weighted by molar-refractivity contribution is -0.139. The van der Waals surface area contributed by atoms with Crippen LogP contribution < -0.4 is 16.4 Å². The van der Waals surface area contributed by atoms with E-state index in [1.54, 1.807) is 7.11 Å². The largest absolute Gasteiger partial charge is 0.480 e. The van der Waals surface area contributed by atoms with Gasteiger partial charge in [-0.05, 0) is 12.8 Å². The molecule has 0 aromatic rings. The Labute approximate surface area is 123 Å². The Kier molecular flexibility index (Phi) is 10.9. The van der Waals surface area contributed by atoms with Crippen LogP contribution in [0.4, 0.5) is 4.79 Å². The van der Waals surface area contributed by atoms with Crippen LogP contribution >= 0.6 is 0 Å². The van der Waals surface area contributed by atoms with Gasteiger partial charge in [-0.3, -0.25) is 4.79 Å². The summed E-state index contributed by atoms with van der Waals surface area (Å²) in [5, 5.41) is 13.7. The lowest BCUT2D eigenvalue weighted by Gasteiger charge is -2.14. The van der Waals surface area contributed by atoms with Gasteiger partial charge in [0.25, 0.3) is 0 Å². The normalized spacial score (nSPS) is 11.7. The van der Waals surface area contributed by atoms with E-state index in [1.807, 2.05) is 0 Å². The molecule has 0 aliphatic carbocycles. The fourth-order valence-electron chi connectivity index (χ4n) is 1.37. The average molecular weight is 305 g/mol. The molecule has 122 valence electrons. The van der Waals surface area contributed by atoms with Crippen molar-refractivity contribution in [2.24, 2.45) is 5.73 Å². The number of primary amides is 1. The van der Waals surface area contributed by atoms with Crippen LogP contribution in [0.2, 0.25) is 0 Å². The number of urea groups is 1. The predicted octanol–water partition coefficient (Wildman–Crippen LogP) is -0.943. The molecule has 0 aromatic carbocycles. The van der Waals surface area contributed by atoms with Crippen LogP contribution in [0.3, 0.4) is 0 Å². The Hall–Kier alpha value is -1.87. The molecule has 0 radical (unpaired) electrons. The van der Waals surface area contributed by atoms with Crippen LogP contribution in [-0.4, -0.2) is 62.5 Å². The zero-order valence-corrected chi connectivity index (χ0v) is 12.1. The van der Waals surface area contributed by atoms with E-state index >= 15 is 0 Å². The molecule has 0 fully saturated rings. The molecule has 9 nitrogen and oxygen atoms in total. The zero-order valence-electron chi connectivity index (χ0n) is 12.1. The highest BCUT2D eigenvalue weighted by Crippen LogP contribution is 1.97. The first-order valence-corrected chi connectivity index (χ1v) is 6.59. The summed E-state index contributed by atoms with van der Waals surface area (Å²) in [6.07, 6.45) is 0.443. The third kappa shape index (κ3) is 11.6. The quantitative estimate of drug-likeness (QED) is 0.343. The molecule has 0 rings (SSSR count). The van der Waals surface area contributed by atoms with E-state index in [1.165, 1.54) is 0 Å². The van der Waals surface area contributed by atoms with Crippen molar-refractivity contribution in [2.45, 2.75) is 25.3 Å². The Balaban J connectivity index is 3.78. The second-order valence-corrected chi connectivity index (χ2v) is 4.25. The van der Waals surface area contributed by atoms with Crippen LogP contribution in [0, 0.1) is 0 Å². The molecule has 1 atom stereocenters. The molecule has 0 saturated heterocycles. The fourth-order valence-corrected chi connectivity index (χ4v) is 1.37. The molecule has 3 amide bonds. The Morgan fingerprint density at radius 3 is 2.52 bits per heavy atom. The van der Waals surface area contributed by atoms with E-state index < -0.39 is 23.9 Å². The zero-order chi connectivity index (χ0) is 16.1. The number of amides is 3. The lowest BCUT2D eigenvalue weighted by atomic mass is 10.1. The molecule has 5 N–H and O–H groups in total. The van der Waals surface area contributed by atoms with E-state index in [2.05, 4.69) is 10.6 Å². The van der Waals surface area contributed by atoms with Gasteiger partial charge in [0.2, 0.25) is 5.91 Å². The molecule has 0 aliphatic heterocycles. The average Bonchev–Trinajstić information content (AvgIpc) is 2.41. The summed E-state index contributed by atoms with van der Waals surface area (Å²) in [6, 6.07) is -1.75. The second-order valence-electron chi connectivity index (χ2n) is 4.25. The molecular formula is C12H23N3O6. The maximum Gasteiger partial charge on any atom is 0.326 e. The number of methoxy groups -OCH3 is 1. The number of rotatable bonds is 12. The van der Waals surface area contributed by atoms with Gasteiger partial charge in [-0.1, -0.05) is 0 Å². The highest BCUT2D eigenvalue weighted by molar-refractivity contribution is 5.83. The standard InChI is InChI=1S/C12H23N3O6/c1-20-7-8-21-6-2-5-14-12(19)15-9(11(17)18)3-4-10(13)16/h9H,2-8H2,1H3,(H2,13,16)(H,17,18)(H2,14,15,19). The van der Waals surface area contributed by atoms with Crippen LogP contribution in [0.15, 0.2) is 0 Å². The van der Waals surface area contributed by atoms with Crippen LogP contribution in [0.25, 0.3) is 0 Å². The summed E-state index contributed by atoms with van der Waals surface area (Å²) >= 11 is 0. The number of ether oxygens (including phenoxy) is 2. The lowest BCUT2D eigenvalue weighted by Crippen LogP contribution is -2.46. The number of nitrogens with two attached hydrogens (primary N) is 1. The Morgan fingerprint density at radius 1 is 1.24 bits per heavy atom. The van der Waals surface area contributed by atoms with Crippen molar-refractivity contribution < 1.29 is 29.0 Å². The number of hydrogen-bond donors (Lipinski definition) is 4. The number of hydrogen-bond acceptors (Lipinski definition) is 5. The van der Waals surface area contributed by atoms with E-state index in [0.29, 0.717) is 32.8 Å². The SMILES string of the molecule is COCCOCCCNC(=O)NC(CCC(N)=O)C(=O)O. The topological polar surface area (TPSA) is 140 Å². The number of carbonyl (C=O) groups excluding carboxylic acids is 2. The third-order valence-corrected chi connectivity index (χ3v) is 2.47. The van der Waals surface area contributed by atoms with Crippen LogP contribution in [-0.2, 0) is 19.1 Å². The second kappa shape index (κ2) is 11.9. The van der Waals surface area contributed by atoms with Gasteiger partial charge in [0.1, 0.15) is 6.04 Å². The van der Waals surface area contributed by atoms with Crippen molar-refractivity contribution in [3.8, 4) is 0 Å². The summed E-state index contributed by atoms with van der Waals surface area (Å²) in [4.78, 5) is 33.0. The van der Waals surface area contributed by atoms with E-state index in [-0.39, 0.29) is 12.8 Å². The van der Waals surface area contributed by atoms with Crippen molar-refractivity contribution >= 4 is 17.9 Å². The maximum absolute atomic E-state index is 11.5. The van der Waals surface area contributed by atoms with Crippen LogP contribution in [0.1, 0.15) is 19.3 Å². The van der Waals surface area contributed by atoms with Gasteiger partial charge >= 0.3 is 12.0 Å². The predicted molar refractivity (Wildman–Crippen MR) is 73.7 cm³/mol. The summed E-state index contributed by atoms with van der Waals surface area (Å²) in [5.41, 5.74) is 4.94. The summed E-state index contributed by atoms with van der Waals surface area (Å²) in [5.74, 6) is -1.83. The Bertz CT molecular complexity index is 337. The summed E-state index contributed by atoms with van der Waals surface area (Å²) in [7, 11) is 1.58. The highest BCUT2D eigenvalue weighted by atomic mass is 16.5. The Morgan fingerprint density at radius 2 is 1.95 bits per heavy atom. The summed E-state index contributed by atoms with van der Waals surface area (Å²) in [6.45, 7) is 1.81. The molecule has 0 spiro atoms. The van der Waals surface area contributed by atoms with Gasteiger partial charge in [0.15, 0.2) is 0 Å². The minimum absolute atomic E-state index is 0.0434. The number of carbonyl (C=O) groups is 3. The highest BCUT2D eigenvalue weighted by Gasteiger charge is 2.20. The first kappa shape index (κ1) is 19.1. The minimum Gasteiger partial charge on any atom is -0.480 e. The first-order chi connectivity index (χ1) is 9.97. The van der Waals surface area contributed by atoms with Gasteiger partial charge in [-0.2, -0.15) is 0 Å². The summed E-state index contributed by atoms with van der Waals surface area (Å²) < 4.78 is 10.00. The van der Waals surface area contributed by atoms with Crippen molar-refractivity contribution in [1.82, 2.24) is 10.6 Å². The van der Waals surface area contributed by atoms with E-state index in [4.69, 9.17) is 20.3 Å². The van der Waals surface area contributed by atoms with Crippen molar-refractivity contribution in [3.63, 3.8) is 0 Å². The number of carboxylic acid groups (broad SMARTS) is 1. The van der Waals surface area contributed by atoms with Crippen molar-refractivity contribution in [1.29, 1.82) is 0 Å². The molecule has 1 unspecified atom stereocenters. The minimum atomic E-state index is -1.21. The number of carboxylic acids is 1. The van der Waals surface area contributed by atoms with Gasteiger partial charge in [-0.25, -0.2) is 9.59 Å². The van der Waals surface area contributed by atoms with Crippen molar-refractivity contribution in [2.75, 3.05) is 33.5 Å². The van der Waals surface area contributed by atoms with E-state index in [9.17, 15) is 14.4 Å². The molecule has 0 bridgehead atoms. The van der Waals surface area contributed by atoms with Crippen LogP contribution in [0.5, 0.6) is 0 Å². The molecule has 21 heavy (non-hydrogen) atoms. The van der Waals surface area contributed by atoms with Gasteiger partial charge < -0.3 is 30.9 Å². The van der Waals surface area contributed by atoms with Gasteiger partial charge in [0, 0.05) is 26.7 Å². The fraction of sp³-hybridized carbons (Fsp3) is 0.750. The number of aliphatic carboxylic acids is 1. The smallest absolute Gasteiger partial charge is 0.326 e. The molecule has 9 heteroatoms. The van der Waals surface area contributed by atoms with Gasteiger partial charge in [-0.15, -0.1) is 0 Å². The van der Waals surface area contributed by atoms with Crippen molar-refractivity contribution in [3.05, 3.63) is 0 Å². The third-order valence-electron chi connectivity index (χ3n) is 2.47. The van der Waals surface area contributed by atoms with Gasteiger partial charge in [0.05, 0.1) is 13.2 Å². The molecule has 0 heterocycles. The first-order valence-electron chi connectivity index (χ1n) is 6.59. The molecule has 0 saturated carbocycles. The molecule has 0 aliphatic rings. The number of nitrogens with one attached hydrogen (secondary N) is 2. The van der Waals surface area contributed by atoms with E-state index in [0.717, 1.165) is 0 Å².